The highest BCUT2D eigenvalue weighted by atomic mass is 16.6. The van der Waals surface area contributed by atoms with Crippen LogP contribution in [0.2, 0.25) is 0 Å². The van der Waals surface area contributed by atoms with Crippen LogP contribution in [-0.4, -0.2) is 22.0 Å². The fraction of sp³-hybridized carbons (Fsp3) is 0.500. The third-order valence-corrected chi connectivity index (χ3v) is 3.78. The van der Waals surface area contributed by atoms with Gasteiger partial charge in [-0.1, -0.05) is 19.9 Å². The fourth-order valence-corrected chi connectivity index (χ4v) is 2.81. The van der Waals surface area contributed by atoms with Crippen LogP contribution < -0.4 is 5.32 Å². The summed E-state index contributed by atoms with van der Waals surface area (Å²) in [7, 11) is 0. The number of nitro groups is 1. The van der Waals surface area contributed by atoms with Gasteiger partial charge in [0.2, 0.25) is 0 Å². The predicted molar refractivity (Wildman–Crippen MR) is 75.1 cm³/mol. The van der Waals surface area contributed by atoms with Gasteiger partial charge in [0, 0.05) is 6.04 Å². The second-order valence-electron chi connectivity index (χ2n) is 6.01. The van der Waals surface area contributed by atoms with E-state index in [1.54, 1.807) is 6.07 Å². The minimum atomic E-state index is -1.29. The number of hydrogen-bond donors (Lipinski definition) is 2. The molecule has 6 nitrogen and oxygen atoms in total. The first-order valence-electron chi connectivity index (χ1n) is 6.57. The highest BCUT2D eigenvalue weighted by molar-refractivity contribution is 5.95. The number of carboxylic acids is 1. The number of anilines is 1. The zero-order valence-electron chi connectivity index (χ0n) is 11.5. The van der Waals surface area contributed by atoms with E-state index in [1.165, 1.54) is 12.1 Å². The molecule has 0 radical (unpaired) electrons. The van der Waals surface area contributed by atoms with Gasteiger partial charge in [0.15, 0.2) is 0 Å². The van der Waals surface area contributed by atoms with E-state index in [2.05, 4.69) is 19.2 Å². The quantitative estimate of drug-likeness (QED) is 0.651. The van der Waals surface area contributed by atoms with Crippen LogP contribution in [0.25, 0.3) is 0 Å². The Hall–Kier alpha value is -2.11. The highest BCUT2D eigenvalue weighted by Crippen LogP contribution is 2.39. The lowest BCUT2D eigenvalue weighted by Crippen LogP contribution is -2.19. The van der Waals surface area contributed by atoms with Gasteiger partial charge >= 0.3 is 11.7 Å². The van der Waals surface area contributed by atoms with Crippen molar-refractivity contribution in [2.24, 2.45) is 5.41 Å². The number of carbonyl (C=O) groups is 1. The predicted octanol–water partition coefficient (Wildman–Crippen LogP) is 3.28. The van der Waals surface area contributed by atoms with Crippen molar-refractivity contribution >= 4 is 17.3 Å². The zero-order chi connectivity index (χ0) is 14.9. The Balaban J connectivity index is 2.30. The fourth-order valence-electron chi connectivity index (χ4n) is 2.81. The summed E-state index contributed by atoms with van der Waals surface area (Å²) in [5.74, 6) is -1.29. The number of carboxylic acid groups (broad SMARTS) is 1. The van der Waals surface area contributed by atoms with E-state index in [0.717, 1.165) is 19.3 Å². The molecule has 2 N–H and O–H groups in total. The van der Waals surface area contributed by atoms with Crippen molar-refractivity contribution in [1.29, 1.82) is 0 Å². The molecule has 1 atom stereocenters. The molecule has 0 amide bonds. The highest BCUT2D eigenvalue weighted by Gasteiger charge is 2.33. The van der Waals surface area contributed by atoms with E-state index in [4.69, 9.17) is 5.11 Å². The van der Waals surface area contributed by atoms with Crippen LogP contribution in [0.15, 0.2) is 18.2 Å². The Morgan fingerprint density at radius 3 is 2.70 bits per heavy atom. The van der Waals surface area contributed by atoms with Crippen LogP contribution in [-0.2, 0) is 0 Å². The van der Waals surface area contributed by atoms with Gasteiger partial charge in [-0.15, -0.1) is 0 Å². The molecule has 1 aliphatic carbocycles. The third-order valence-electron chi connectivity index (χ3n) is 3.78. The summed E-state index contributed by atoms with van der Waals surface area (Å²) in [6.45, 7) is 4.33. The number of para-hydroxylation sites is 1. The van der Waals surface area contributed by atoms with Crippen molar-refractivity contribution < 1.29 is 14.8 Å². The average molecular weight is 278 g/mol. The number of benzene rings is 1. The topological polar surface area (TPSA) is 92.5 Å². The first-order chi connectivity index (χ1) is 9.30. The van der Waals surface area contributed by atoms with Crippen molar-refractivity contribution in [1.82, 2.24) is 0 Å². The maximum Gasteiger partial charge on any atom is 0.342 e. The van der Waals surface area contributed by atoms with E-state index in [0.29, 0.717) is 0 Å². The average Bonchev–Trinajstić information content (AvgIpc) is 2.68. The molecule has 108 valence electrons. The summed E-state index contributed by atoms with van der Waals surface area (Å²) in [6, 6.07) is 4.49. The van der Waals surface area contributed by atoms with Gasteiger partial charge in [-0.2, -0.15) is 0 Å². The Morgan fingerprint density at radius 2 is 2.20 bits per heavy atom. The molecule has 2 rings (SSSR count). The molecule has 0 spiro atoms. The van der Waals surface area contributed by atoms with Gasteiger partial charge < -0.3 is 10.4 Å². The van der Waals surface area contributed by atoms with Crippen LogP contribution in [0.4, 0.5) is 11.4 Å². The Morgan fingerprint density at radius 1 is 1.50 bits per heavy atom. The second-order valence-corrected chi connectivity index (χ2v) is 6.01. The molecule has 0 heterocycles. The molecule has 1 aromatic carbocycles. The zero-order valence-corrected chi connectivity index (χ0v) is 11.5. The van der Waals surface area contributed by atoms with Crippen LogP contribution in [0.3, 0.4) is 0 Å². The molecule has 6 heteroatoms. The number of rotatable bonds is 4. The van der Waals surface area contributed by atoms with Crippen molar-refractivity contribution in [3.63, 3.8) is 0 Å². The number of nitro benzene ring substituents is 1. The van der Waals surface area contributed by atoms with E-state index in [1.807, 2.05) is 0 Å². The molecule has 1 aliphatic rings. The number of hydrogen-bond acceptors (Lipinski definition) is 4. The summed E-state index contributed by atoms with van der Waals surface area (Å²) in [5, 5.41) is 23.3. The van der Waals surface area contributed by atoms with Crippen LogP contribution in [0.5, 0.6) is 0 Å². The lowest BCUT2D eigenvalue weighted by atomic mass is 9.92. The summed E-state index contributed by atoms with van der Waals surface area (Å²) in [4.78, 5) is 21.6. The molecule has 0 aromatic heterocycles. The summed E-state index contributed by atoms with van der Waals surface area (Å²) < 4.78 is 0. The largest absolute Gasteiger partial charge is 0.477 e. The van der Waals surface area contributed by atoms with Crippen molar-refractivity contribution in [2.75, 3.05) is 5.32 Å². The third kappa shape index (κ3) is 2.89. The summed E-state index contributed by atoms with van der Waals surface area (Å²) in [5.41, 5.74) is -0.129. The standard InChI is InChI=1S/C14H18N2O4/c1-14(2)7-6-9(8-14)15-11-5-3-4-10(13(17)18)12(11)16(19)20/h3-5,9,15H,6-8H2,1-2H3,(H,17,18). The van der Waals surface area contributed by atoms with E-state index >= 15 is 0 Å². The number of nitrogens with zero attached hydrogens (tertiary/aromatic N) is 1. The molecule has 20 heavy (non-hydrogen) atoms. The molecule has 0 aliphatic heterocycles. The molecule has 0 saturated heterocycles. The van der Waals surface area contributed by atoms with Gasteiger partial charge in [0.25, 0.3) is 0 Å². The Kier molecular flexibility index (Phi) is 3.65. The van der Waals surface area contributed by atoms with Crippen molar-refractivity contribution in [3.8, 4) is 0 Å². The summed E-state index contributed by atoms with van der Waals surface area (Å²) in [6.07, 6.45) is 2.90. The number of nitrogens with one attached hydrogen (secondary N) is 1. The Labute approximate surface area is 117 Å². The maximum atomic E-state index is 11.2. The SMILES string of the molecule is CC1(C)CCC(Nc2cccc(C(=O)O)c2[N+](=O)[O-])C1. The van der Waals surface area contributed by atoms with E-state index in [-0.39, 0.29) is 28.4 Å². The van der Waals surface area contributed by atoms with E-state index in [9.17, 15) is 14.9 Å². The lowest BCUT2D eigenvalue weighted by molar-refractivity contribution is -0.384. The van der Waals surface area contributed by atoms with E-state index < -0.39 is 10.9 Å². The van der Waals surface area contributed by atoms with Crippen LogP contribution >= 0.6 is 0 Å². The number of aromatic carboxylic acids is 1. The molecule has 1 fully saturated rings. The Bertz CT molecular complexity index is 554. The smallest absolute Gasteiger partial charge is 0.342 e. The summed E-state index contributed by atoms with van der Waals surface area (Å²) >= 11 is 0. The van der Waals surface area contributed by atoms with Gasteiger partial charge in [-0.25, -0.2) is 4.79 Å². The van der Waals surface area contributed by atoms with Gasteiger partial charge in [0.1, 0.15) is 11.3 Å². The maximum absolute atomic E-state index is 11.2. The first-order valence-corrected chi connectivity index (χ1v) is 6.57. The minimum absolute atomic E-state index is 0.146. The molecular weight excluding hydrogens is 260 g/mol. The van der Waals surface area contributed by atoms with Crippen molar-refractivity contribution in [3.05, 3.63) is 33.9 Å². The van der Waals surface area contributed by atoms with Crippen molar-refractivity contribution in [2.45, 2.75) is 39.2 Å². The van der Waals surface area contributed by atoms with Gasteiger partial charge in [-0.3, -0.25) is 10.1 Å². The molecule has 1 saturated carbocycles. The van der Waals surface area contributed by atoms with Gasteiger partial charge in [-0.05, 0) is 36.8 Å². The van der Waals surface area contributed by atoms with Crippen LogP contribution in [0.1, 0.15) is 43.5 Å². The second kappa shape index (κ2) is 5.11. The molecular formula is C14H18N2O4. The molecule has 1 aromatic rings. The molecule has 1 unspecified atom stereocenters. The first kappa shape index (κ1) is 14.3. The normalized spacial score (nSPS) is 20.6. The minimum Gasteiger partial charge on any atom is -0.477 e. The lowest BCUT2D eigenvalue weighted by Gasteiger charge is -2.18. The molecule has 0 bridgehead atoms. The monoisotopic (exact) mass is 278 g/mol. The van der Waals surface area contributed by atoms with Crippen LogP contribution in [0, 0.1) is 15.5 Å². The van der Waals surface area contributed by atoms with Gasteiger partial charge in [0.05, 0.1) is 4.92 Å².